The van der Waals surface area contributed by atoms with Gasteiger partial charge in [0.15, 0.2) is 0 Å². The number of aromatic carboxylic acids is 1. The van der Waals surface area contributed by atoms with E-state index in [9.17, 15) is 9.90 Å². The van der Waals surface area contributed by atoms with Crippen molar-refractivity contribution in [3.63, 3.8) is 0 Å². The zero-order valence-corrected chi connectivity index (χ0v) is 16.9. The molecule has 4 rings (SSSR count). The first-order chi connectivity index (χ1) is 14.0. The van der Waals surface area contributed by atoms with Crippen LogP contribution in [-0.2, 0) is 0 Å². The lowest BCUT2D eigenvalue weighted by Crippen LogP contribution is -1.98. The molecule has 1 atom stereocenters. The number of carboxylic acids is 1. The van der Waals surface area contributed by atoms with Crippen LogP contribution in [-0.4, -0.2) is 21.0 Å². The number of halogens is 1. The Morgan fingerprint density at radius 2 is 1.93 bits per heavy atom. The lowest BCUT2D eigenvalue weighted by atomic mass is 10.1. The fraction of sp³-hybridized carbons (Fsp3) is 0.125. The first-order valence-corrected chi connectivity index (χ1v) is 9.79. The Balaban J connectivity index is 2.04. The second kappa shape index (κ2) is 7.64. The molecule has 1 N–H and O–H groups in total. The molecule has 0 fully saturated rings. The fourth-order valence-corrected chi connectivity index (χ4v) is 3.61. The zero-order valence-electron chi connectivity index (χ0n) is 16.1. The number of nitrogens with zero attached hydrogens (tertiary/aromatic N) is 1. The molecule has 2 heterocycles. The maximum Gasteiger partial charge on any atom is 0.371 e. The minimum atomic E-state index is -1.10. The number of alkyl halides is 1. The number of rotatable bonds is 5. The van der Waals surface area contributed by atoms with E-state index < -0.39 is 5.97 Å². The van der Waals surface area contributed by atoms with Crippen LogP contribution >= 0.6 is 11.6 Å². The minimum Gasteiger partial charge on any atom is -0.475 e. The van der Waals surface area contributed by atoms with Gasteiger partial charge in [0.1, 0.15) is 0 Å². The standard InChI is InChI=1S/C24H20ClNO3/c1-3-16(9-8-15(2)25)21-14-19-18-7-5-4-6-17(18)10-11-20(19)26(21)23-13-12-22(29-23)24(27)28/h3-15H,1-2H3,(H,27,28)/b9-8-,16-3+. The Kier molecular flexibility index (Phi) is 5.03. The Morgan fingerprint density at radius 3 is 2.62 bits per heavy atom. The molecule has 2 aromatic carbocycles. The van der Waals surface area contributed by atoms with Crippen LogP contribution in [0.5, 0.6) is 0 Å². The molecule has 0 saturated heterocycles. The van der Waals surface area contributed by atoms with E-state index in [1.807, 2.05) is 54.8 Å². The predicted molar refractivity (Wildman–Crippen MR) is 118 cm³/mol. The van der Waals surface area contributed by atoms with Gasteiger partial charge in [0.25, 0.3) is 0 Å². The fourth-order valence-electron chi connectivity index (χ4n) is 3.54. The summed E-state index contributed by atoms with van der Waals surface area (Å²) in [6.07, 6.45) is 5.90. The van der Waals surface area contributed by atoms with Crippen molar-refractivity contribution in [2.75, 3.05) is 0 Å². The van der Waals surface area contributed by atoms with Crippen LogP contribution in [0, 0.1) is 0 Å². The molecule has 0 amide bonds. The molecule has 4 aromatic rings. The molecule has 0 aliphatic rings. The van der Waals surface area contributed by atoms with E-state index >= 15 is 0 Å². The molecule has 146 valence electrons. The number of hydrogen-bond acceptors (Lipinski definition) is 2. The van der Waals surface area contributed by atoms with Gasteiger partial charge in [-0.05, 0) is 48.4 Å². The molecule has 0 spiro atoms. The smallest absolute Gasteiger partial charge is 0.371 e. The number of aromatic nitrogens is 1. The van der Waals surface area contributed by atoms with Crippen LogP contribution in [0.3, 0.4) is 0 Å². The first kappa shape index (κ1) is 19.1. The van der Waals surface area contributed by atoms with Crippen molar-refractivity contribution in [2.45, 2.75) is 19.2 Å². The first-order valence-electron chi connectivity index (χ1n) is 9.35. The van der Waals surface area contributed by atoms with Crippen molar-refractivity contribution in [2.24, 2.45) is 0 Å². The van der Waals surface area contributed by atoms with Crippen molar-refractivity contribution in [3.8, 4) is 5.88 Å². The summed E-state index contributed by atoms with van der Waals surface area (Å²) < 4.78 is 7.61. The molecule has 0 aliphatic carbocycles. The van der Waals surface area contributed by atoms with Crippen molar-refractivity contribution >= 4 is 44.8 Å². The molecule has 0 aliphatic heterocycles. The van der Waals surface area contributed by atoms with E-state index in [-0.39, 0.29) is 11.1 Å². The second-order valence-corrected chi connectivity index (χ2v) is 7.50. The van der Waals surface area contributed by atoms with Crippen molar-refractivity contribution in [3.05, 3.63) is 84.3 Å². The average molecular weight is 406 g/mol. The Morgan fingerprint density at radius 1 is 1.14 bits per heavy atom. The Labute approximate surface area is 173 Å². The van der Waals surface area contributed by atoms with Gasteiger partial charge < -0.3 is 9.52 Å². The Hall–Kier alpha value is -3.24. The topological polar surface area (TPSA) is 55.4 Å². The Bertz CT molecular complexity index is 1270. The van der Waals surface area contributed by atoms with Crippen LogP contribution in [0.15, 0.2) is 77.2 Å². The van der Waals surface area contributed by atoms with Crippen molar-refractivity contribution in [1.82, 2.24) is 4.57 Å². The highest BCUT2D eigenvalue weighted by Crippen LogP contribution is 2.34. The van der Waals surface area contributed by atoms with Gasteiger partial charge in [0.05, 0.1) is 11.2 Å². The van der Waals surface area contributed by atoms with E-state index in [0.717, 1.165) is 32.9 Å². The second-order valence-electron chi connectivity index (χ2n) is 6.81. The van der Waals surface area contributed by atoms with Gasteiger partial charge in [0.2, 0.25) is 11.6 Å². The number of benzene rings is 2. The lowest BCUT2D eigenvalue weighted by Gasteiger charge is -2.09. The third-order valence-electron chi connectivity index (χ3n) is 4.88. The van der Waals surface area contributed by atoms with Gasteiger partial charge in [-0.2, -0.15) is 0 Å². The van der Waals surface area contributed by atoms with Gasteiger partial charge in [-0.15, -0.1) is 11.6 Å². The minimum absolute atomic E-state index is 0.0967. The molecule has 5 heteroatoms. The molecular formula is C24H20ClNO3. The summed E-state index contributed by atoms with van der Waals surface area (Å²) in [5.74, 6) is -0.739. The molecule has 29 heavy (non-hydrogen) atoms. The van der Waals surface area contributed by atoms with Crippen LogP contribution in [0.1, 0.15) is 30.1 Å². The van der Waals surface area contributed by atoms with Crippen LogP contribution in [0.4, 0.5) is 0 Å². The van der Waals surface area contributed by atoms with Gasteiger partial charge in [-0.1, -0.05) is 48.6 Å². The van der Waals surface area contributed by atoms with Crippen molar-refractivity contribution in [1.29, 1.82) is 0 Å². The highest BCUT2D eigenvalue weighted by atomic mass is 35.5. The third kappa shape index (κ3) is 3.47. The molecular weight excluding hydrogens is 386 g/mol. The SMILES string of the molecule is C/C=C(\C=C/C(C)Cl)c1cc2c3ccccc3ccc2n1-c1ccc(C(=O)O)o1. The molecule has 4 nitrogen and oxygen atoms in total. The number of hydrogen-bond donors (Lipinski definition) is 1. The zero-order chi connectivity index (χ0) is 20.5. The van der Waals surface area contributed by atoms with E-state index in [4.69, 9.17) is 16.0 Å². The summed E-state index contributed by atoms with van der Waals surface area (Å²) in [6.45, 7) is 3.86. The van der Waals surface area contributed by atoms with Gasteiger partial charge in [0, 0.05) is 16.8 Å². The highest BCUT2D eigenvalue weighted by Gasteiger charge is 2.18. The number of fused-ring (bicyclic) bond motifs is 3. The number of furan rings is 1. The van der Waals surface area contributed by atoms with Gasteiger partial charge in [-0.25, -0.2) is 4.79 Å². The molecule has 0 saturated carbocycles. The lowest BCUT2D eigenvalue weighted by molar-refractivity contribution is 0.0662. The van der Waals surface area contributed by atoms with Gasteiger partial charge >= 0.3 is 5.97 Å². The van der Waals surface area contributed by atoms with E-state index in [0.29, 0.717) is 5.88 Å². The summed E-state index contributed by atoms with van der Waals surface area (Å²) in [7, 11) is 0. The maximum absolute atomic E-state index is 11.3. The molecule has 0 radical (unpaired) electrons. The summed E-state index contributed by atoms with van der Waals surface area (Å²) >= 11 is 6.11. The van der Waals surface area contributed by atoms with Crippen molar-refractivity contribution < 1.29 is 14.3 Å². The van der Waals surface area contributed by atoms with Crippen LogP contribution in [0.25, 0.3) is 33.1 Å². The summed E-state index contributed by atoms with van der Waals surface area (Å²) in [5.41, 5.74) is 2.81. The molecule has 1 unspecified atom stereocenters. The predicted octanol–water partition coefficient (Wildman–Crippen LogP) is 6.66. The highest BCUT2D eigenvalue weighted by molar-refractivity contribution is 6.21. The molecule has 0 bridgehead atoms. The third-order valence-corrected chi connectivity index (χ3v) is 5.03. The van der Waals surface area contributed by atoms with Crippen LogP contribution in [0.2, 0.25) is 0 Å². The molecule has 2 aromatic heterocycles. The quantitative estimate of drug-likeness (QED) is 0.298. The van der Waals surface area contributed by atoms with Crippen LogP contribution < -0.4 is 0 Å². The normalized spacial score (nSPS) is 13.6. The van der Waals surface area contributed by atoms with E-state index in [1.165, 1.54) is 6.07 Å². The number of carboxylic acid groups (broad SMARTS) is 1. The summed E-state index contributed by atoms with van der Waals surface area (Å²) in [6, 6.07) is 17.5. The number of carbonyl (C=O) groups is 1. The monoisotopic (exact) mass is 405 g/mol. The van der Waals surface area contributed by atoms with Gasteiger partial charge in [-0.3, -0.25) is 4.57 Å². The average Bonchev–Trinajstić information content (AvgIpc) is 3.33. The van der Waals surface area contributed by atoms with E-state index in [1.54, 1.807) is 6.07 Å². The van der Waals surface area contributed by atoms with E-state index in [2.05, 4.69) is 24.3 Å². The summed E-state index contributed by atoms with van der Waals surface area (Å²) in [4.78, 5) is 11.3. The maximum atomic E-state index is 11.3. The summed E-state index contributed by atoms with van der Waals surface area (Å²) in [5, 5.41) is 12.5. The largest absolute Gasteiger partial charge is 0.475 e. The number of allylic oxidation sites excluding steroid dienone is 4.